The quantitative estimate of drug-likeness (QED) is 0.0222. The van der Waals surface area contributed by atoms with Gasteiger partial charge in [0.1, 0.15) is 19.3 Å². The van der Waals surface area contributed by atoms with Crippen molar-refractivity contribution in [2.75, 3.05) is 39.6 Å². The minimum Gasteiger partial charge on any atom is -0.462 e. The highest BCUT2D eigenvalue weighted by Gasteiger charge is 2.30. The van der Waals surface area contributed by atoms with Crippen LogP contribution in [-0.2, 0) is 65.4 Å². The Morgan fingerprint density at radius 2 is 0.442 bits per heavy atom. The van der Waals surface area contributed by atoms with Crippen LogP contribution in [0.1, 0.15) is 383 Å². The zero-order valence-electron chi connectivity index (χ0n) is 62.3. The van der Waals surface area contributed by atoms with E-state index < -0.39 is 97.5 Å². The van der Waals surface area contributed by atoms with Crippen molar-refractivity contribution >= 4 is 39.5 Å². The van der Waals surface area contributed by atoms with Gasteiger partial charge in [-0.3, -0.25) is 37.3 Å². The lowest BCUT2D eigenvalue weighted by Crippen LogP contribution is -2.30. The second-order valence-electron chi connectivity index (χ2n) is 29.3. The van der Waals surface area contributed by atoms with Crippen molar-refractivity contribution in [2.45, 2.75) is 401 Å². The third-order valence-corrected chi connectivity index (χ3v) is 19.5. The number of rotatable bonds is 73. The van der Waals surface area contributed by atoms with Crippen LogP contribution in [0.3, 0.4) is 0 Å². The summed E-state index contributed by atoms with van der Waals surface area (Å²) in [4.78, 5) is 72.7. The third kappa shape index (κ3) is 70.3. The number of hydrogen-bond acceptors (Lipinski definition) is 15. The molecule has 0 amide bonds. The first kappa shape index (κ1) is 93.1. The van der Waals surface area contributed by atoms with E-state index in [1.54, 1.807) is 0 Å². The van der Waals surface area contributed by atoms with E-state index in [0.29, 0.717) is 31.6 Å². The molecule has 0 bridgehead atoms. The van der Waals surface area contributed by atoms with E-state index in [1.165, 1.54) is 180 Å². The van der Waals surface area contributed by atoms with Gasteiger partial charge in [-0.05, 0) is 49.4 Å². The van der Waals surface area contributed by atoms with Gasteiger partial charge >= 0.3 is 39.5 Å². The van der Waals surface area contributed by atoms with Crippen molar-refractivity contribution in [3.05, 3.63) is 0 Å². The molecule has 0 saturated carbocycles. The van der Waals surface area contributed by atoms with Gasteiger partial charge in [-0.15, -0.1) is 0 Å². The molecular formula is C76H148O17P2. The average Bonchev–Trinajstić information content (AvgIpc) is 1.44. The maximum absolute atomic E-state index is 13.1. The second kappa shape index (κ2) is 65.4. The lowest BCUT2D eigenvalue weighted by Gasteiger charge is -2.21. The SMILES string of the molecule is CC(C)CCCCCCCCCCCCCCCCCCC(=O)OC[C@H](COP(=O)(O)OC[C@@H](O)COP(=O)(O)OC[C@@H](COC(=O)CCCCCCCCC(C)C)OC(=O)CCCCCCCCCCCCCCCC(C)C)OC(=O)CCCCCCCCCCC(C)C. The van der Waals surface area contributed by atoms with Gasteiger partial charge in [-0.2, -0.15) is 0 Å². The predicted molar refractivity (Wildman–Crippen MR) is 386 cm³/mol. The van der Waals surface area contributed by atoms with Gasteiger partial charge in [0.25, 0.3) is 0 Å². The van der Waals surface area contributed by atoms with E-state index >= 15 is 0 Å². The highest BCUT2D eigenvalue weighted by molar-refractivity contribution is 7.47. The highest BCUT2D eigenvalue weighted by Crippen LogP contribution is 2.45. The fraction of sp³-hybridized carbons (Fsp3) is 0.947. The second-order valence-corrected chi connectivity index (χ2v) is 32.2. The lowest BCUT2D eigenvalue weighted by molar-refractivity contribution is -0.161. The molecule has 5 atom stereocenters. The number of hydrogen-bond donors (Lipinski definition) is 3. The van der Waals surface area contributed by atoms with E-state index in [2.05, 4.69) is 55.4 Å². The van der Waals surface area contributed by atoms with Crippen molar-refractivity contribution in [1.29, 1.82) is 0 Å². The first-order valence-electron chi connectivity index (χ1n) is 39.2. The van der Waals surface area contributed by atoms with Gasteiger partial charge in [0.2, 0.25) is 0 Å². The monoisotopic (exact) mass is 1400 g/mol. The molecule has 0 heterocycles. The van der Waals surface area contributed by atoms with Crippen molar-refractivity contribution in [3.8, 4) is 0 Å². The molecule has 19 heteroatoms. The smallest absolute Gasteiger partial charge is 0.462 e. The van der Waals surface area contributed by atoms with Crippen LogP contribution < -0.4 is 0 Å². The van der Waals surface area contributed by atoms with E-state index in [-0.39, 0.29) is 25.7 Å². The molecule has 0 fully saturated rings. The molecule has 0 radical (unpaired) electrons. The Morgan fingerprint density at radius 3 is 0.653 bits per heavy atom. The fourth-order valence-corrected chi connectivity index (χ4v) is 13.1. The number of carbonyl (C=O) groups excluding carboxylic acids is 4. The van der Waals surface area contributed by atoms with Gasteiger partial charge in [0.05, 0.1) is 26.4 Å². The number of phosphoric ester groups is 2. The van der Waals surface area contributed by atoms with Crippen molar-refractivity contribution in [1.82, 2.24) is 0 Å². The molecular weight excluding hydrogens is 1250 g/mol. The summed E-state index contributed by atoms with van der Waals surface area (Å²) in [6.45, 7) is 14.1. The Morgan fingerprint density at radius 1 is 0.263 bits per heavy atom. The molecule has 17 nitrogen and oxygen atoms in total. The highest BCUT2D eigenvalue weighted by atomic mass is 31.2. The van der Waals surface area contributed by atoms with Crippen LogP contribution in [0.25, 0.3) is 0 Å². The minimum atomic E-state index is -4.96. The van der Waals surface area contributed by atoms with Gasteiger partial charge in [0, 0.05) is 25.7 Å². The molecule has 0 spiro atoms. The Labute approximate surface area is 581 Å². The molecule has 0 aliphatic carbocycles. The number of phosphoric acid groups is 2. The number of ether oxygens (including phenoxy) is 4. The summed E-state index contributed by atoms with van der Waals surface area (Å²) in [5, 5.41) is 10.6. The number of unbranched alkanes of at least 4 members (excludes halogenated alkanes) is 39. The molecule has 0 saturated heterocycles. The van der Waals surface area contributed by atoms with Crippen LogP contribution in [0.2, 0.25) is 0 Å². The molecule has 0 aliphatic heterocycles. The molecule has 2 unspecified atom stereocenters. The number of carbonyl (C=O) groups is 4. The van der Waals surface area contributed by atoms with Gasteiger partial charge in [-0.1, -0.05) is 331 Å². The van der Waals surface area contributed by atoms with E-state index in [1.807, 2.05) is 0 Å². The summed E-state index contributed by atoms with van der Waals surface area (Å²) < 4.78 is 68.5. The van der Waals surface area contributed by atoms with Crippen LogP contribution >= 0.6 is 15.6 Å². The van der Waals surface area contributed by atoms with Crippen molar-refractivity contribution in [3.63, 3.8) is 0 Å². The van der Waals surface area contributed by atoms with E-state index in [0.717, 1.165) is 114 Å². The summed E-state index contributed by atoms with van der Waals surface area (Å²) in [7, 11) is -9.91. The summed E-state index contributed by atoms with van der Waals surface area (Å²) >= 11 is 0. The molecule has 3 N–H and O–H groups in total. The fourth-order valence-electron chi connectivity index (χ4n) is 11.6. The topological polar surface area (TPSA) is 237 Å². The van der Waals surface area contributed by atoms with Gasteiger partial charge < -0.3 is 33.8 Å². The van der Waals surface area contributed by atoms with Crippen LogP contribution in [0.4, 0.5) is 0 Å². The Bertz CT molecular complexity index is 1870. The van der Waals surface area contributed by atoms with Crippen LogP contribution in [0.15, 0.2) is 0 Å². The normalized spacial score (nSPS) is 14.1. The van der Waals surface area contributed by atoms with E-state index in [4.69, 9.17) is 37.0 Å². The molecule has 0 aromatic heterocycles. The molecule has 0 rings (SSSR count). The molecule has 0 aliphatic rings. The molecule has 0 aromatic rings. The summed E-state index contributed by atoms with van der Waals surface area (Å²) in [5.74, 6) is 0.872. The Balaban J connectivity index is 5.18. The summed E-state index contributed by atoms with van der Waals surface area (Å²) in [6.07, 6.45) is 50.2. The number of aliphatic hydroxyl groups is 1. The van der Waals surface area contributed by atoms with Crippen molar-refractivity contribution < 1.29 is 80.2 Å². The molecule has 564 valence electrons. The largest absolute Gasteiger partial charge is 0.472 e. The lowest BCUT2D eigenvalue weighted by atomic mass is 10.0. The Kier molecular flexibility index (Phi) is 64.0. The number of esters is 4. The maximum atomic E-state index is 13.1. The van der Waals surface area contributed by atoms with Crippen LogP contribution in [0.5, 0.6) is 0 Å². The van der Waals surface area contributed by atoms with Crippen molar-refractivity contribution in [2.24, 2.45) is 23.7 Å². The standard InChI is InChI=1S/C76H148O17P2/c1-66(2)52-44-36-28-22-18-14-11-9-10-12-16-20-24-31-40-48-56-73(78)86-62-71(93-76(81)59-51-43-33-27-26-30-38-46-54-68(5)6)64-90-94(82,83)88-60-70(77)61-89-95(84,85)91-65-72(63-87-74(79)57-49-41-35-34-39-47-55-69(7)8)92-75(80)58-50-42-32-25-21-17-13-15-19-23-29-37-45-53-67(3)4/h66-72,77H,9-65H2,1-8H3,(H,82,83)(H,84,85)/t70-,71-,72-/m1/s1. The van der Waals surface area contributed by atoms with E-state index in [9.17, 15) is 43.2 Å². The van der Waals surface area contributed by atoms with Crippen LogP contribution in [0, 0.1) is 23.7 Å². The molecule has 95 heavy (non-hydrogen) atoms. The summed E-state index contributed by atoms with van der Waals surface area (Å²) in [5.41, 5.74) is 0. The van der Waals surface area contributed by atoms with Crippen LogP contribution in [-0.4, -0.2) is 96.7 Å². The first-order chi connectivity index (χ1) is 45.6. The molecule has 0 aromatic carbocycles. The van der Waals surface area contributed by atoms with Gasteiger partial charge in [-0.25, -0.2) is 9.13 Å². The summed E-state index contributed by atoms with van der Waals surface area (Å²) in [6, 6.07) is 0. The average molecular weight is 1400 g/mol. The zero-order chi connectivity index (χ0) is 70.3. The third-order valence-electron chi connectivity index (χ3n) is 17.6. The maximum Gasteiger partial charge on any atom is 0.472 e. The predicted octanol–water partition coefficient (Wildman–Crippen LogP) is 22.0. The number of aliphatic hydroxyl groups excluding tert-OH is 1. The first-order valence-corrected chi connectivity index (χ1v) is 42.2. The minimum absolute atomic E-state index is 0.104. The zero-order valence-corrected chi connectivity index (χ0v) is 64.1. The van der Waals surface area contributed by atoms with Gasteiger partial charge in [0.15, 0.2) is 12.2 Å². The Hall–Kier alpha value is -1.94.